The molecule has 2 aromatic rings. The molecule has 0 aromatic heterocycles. The Bertz CT molecular complexity index is 706. The van der Waals surface area contributed by atoms with Gasteiger partial charge in [0.1, 0.15) is 0 Å². The number of hydrogen-bond donors (Lipinski definition) is 1. The van der Waals surface area contributed by atoms with Crippen LogP contribution in [0.4, 0.5) is 0 Å². The molecule has 27 heavy (non-hydrogen) atoms. The van der Waals surface area contributed by atoms with Crippen molar-refractivity contribution >= 4 is 5.97 Å². The van der Waals surface area contributed by atoms with E-state index in [2.05, 4.69) is 5.32 Å². The van der Waals surface area contributed by atoms with Gasteiger partial charge in [0.2, 0.25) is 5.60 Å². The molecular weight excluding hydrogens is 338 g/mol. The van der Waals surface area contributed by atoms with Crippen molar-refractivity contribution in [2.45, 2.75) is 18.4 Å². The first-order valence-corrected chi connectivity index (χ1v) is 9.80. The van der Waals surface area contributed by atoms with Gasteiger partial charge >= 0.3 is 5.97 Å². The van der Waals surface area contributed by atoms with Crippen molar-refractivity contribution in [3.63, 3.8) is 0 Å². The van der Waals surface area contributed by atoms with Crippen LogP contribution in [0.15, 0.2) is 60.7 Å². The maximum absolute atomic E-state index is 13.4. The van der Waals surface area contributed by atoms with Crippen LogP contribution in [0.2, 0.25) is 0 Å². The second-order valence-corrected chi connectivity index (χ2v) is 7.64. The van der Waals surface area contributed by atoms with Crippen molar-refractivity contribution in [3.05, 3.63) is 71.8 Å². The van der Waals surface area contributed by atoms with Crippen LogP contribution < -0.4 is 5.32 Å². The number of piperidine rings is 1. The summed E-state index contributed by atoms with van der Waals surface area (Å²) in [6.45, 7) is 2.54. The van der Waals surface area contributed by atoms with Gasteiger partial charge in [-0.05, 0) is 48.9 Å². The zero-order valence-corrected chi connectivity index (χ0v) is 15.8. The summed E-state index contributed by atoms with van der Waals surface area (Å²) >= 11 is 0. The van der Waals surface area contributed by atoms with Crippen molar-refractivity contribution in [2.75, 3.05) is 26.8 Å². The third kappa shape index (κ3) is 3.28. The molecule has 1 heterocycles. The number of esters is 1. The average molecular weight is 365 g/mol. The molecule has 2 aliphatic rings. The Hall–Kier alpha value is -2.17. The normalized spacial score (nSPS) is 24.6. The number of carbonyl (C=O) groups excluding carboxylic acids is 1. The molecule has 1 aliphatic heterocycles. The van der Waals surface area contributed by atoms with Gasteiger partial charge in [-0.1, -0.05) is 60.7 Å². The highest BCUT2D eigenvalue weighted by molar-refractivity contribution is 5.85. The lowest BCUT2D eigenvalue weighted by atomic mass is 9.85. The summed E-state index contributed by atoms with van der Waals surface area (Å²) < 4.78 is 11.8. The first-order valence-electron chi connectivity index (χ1n) is 9.80. The Morgan fingerprint density at radius 3 is 1.96 bits per heavy atom. The molecule has 2 fully saturated rings. The topological polar surface area (TPSA) is 47.6 Å². The van der Waals surface area contributed by atoms with Gasteiger partial charge in [0, 0.05) is 13.0 Å². The summed E-state index contributed by atoms with van der Waals surface area (Å²) in [7, 11) is 1.58. The summed E-state index contributed by atoms with van der Waals surface area (Å²) in [6.07, 6.45) is 2.46. The number of rotatable bonds is 6. The molecule has 0 amide bonds. The van der Waals surface area contributed by atoms with E-state index in [1.165, 1.54) is 12.8 Å². The predicted octanol–water partition coefficient (Wildman–Crippen LogP) is 3.37. The van der Waals surface area contributed by atoms with Crippen LogP contribution >= 0.6 is 0 Å². The molecule has 2 aromatic carbocycles. The number of benzene rings is 2. The molecular formula is C23H27NO3. The number of nitrogens with one attached hydrogen (secondary N) is 1. The highest BCUT2D eigenvalue weighted by atomic mass is 16.6. The van der Waals surface area contributed by atoms with Gasteiger partial charge in [0.25, 0.3) is 0 Å². The first-order chi connectivity index (χ1) is 13.3. The van der Waals surface area contributed by atoms with Crippen LogP contribution in [-0.2, 0) is 19.9 Å². The van der Waals surface area contributed by atoms with E-state index in [-0.39, 0.29) is 5.97 Å². The van der Waals surface area contributed by atoms with E-state index in [4.69, 9.17) is 9.47 Å². The third-order valence-corrected chi connectivity index (χ3v) is 6.29. The Balaban J connectivity index is 1.61. The predicted molar refractivity (Wildman–Crippen MR) is 104 cm³/mol. The minimum Gasteiger partial charge on any atom is -0.463 e. The lowest BCUT2D eigenvalue weighted by Crippen LogP contribution is -2.44. The summed E-state index contributed by atoms with van der Waals surface area (Å²) in [6, 6.07) is 19.3. The van der Waals surface area contributed by atoms with Gasteiger partial charge < -0.3 is 14.8 Å². The third-order valence-electron chi connectivity index (χ3n) is 6.29. The van der Waals surface area contributed by atoms with Crippen LogP contribution in [0.5, 0.6) is 0 Å². The van der Waals surface area contributed by atoms with E-state index in [0.717, 1.165) is 24.2 Å². The van der Waals surface area contributed by atoms with Crippen LogP contribution in [0.1, 0.15) is 24.0 Å². The summed E-state index contributed by atoms with van der Waals surface area (Å²) in [4.78, 5) is 13.4. The van der Waals surface area contributed by atoms with Crippen molar-refractivity contribution in [1.29, 1.82) is 0 Å². The zero-order chi connectivity index (χ0) is 18.7. The number of ether oxygens (including phenoxy) is 2. The van der Waals surface area contributed by atoms with Crippen molar-refractivity contribution in [2.24, 2.45) is 17.8 Å². The maximum Gasteiger partial charge on any atom is 0.347 e. The Kier molecular flexibility index (Phi) is 5.28. The zero-order valence-electron chi connectivity index (χ0n) is 15.8. The van der Waals surface area contributed by atoms with E-state index >= 15 is 0 Å². The van der Waals surface area contributed by atoms with Crippen molar-refractivity contribution in [3.8, 4) is 0 Å². The summed E-state index contributed by atoms with van der Waals surface area (Å²) in [5, 5.41) is 3.49. The molecule has 2 atom stereocenters. The first kappa shape index (κ1) is 18.2. The molecule has 1 saturated carbocycles. The van der Waals surface area contributed by atoms with Gasteiger partial charge in [0.05, 0.1) is 6.61 Å². The largest absolute Gasteiger partial charge is 0.463 e. The lowest BCUT2D eigenvalue weighted by molar-refractivity contribution is -0.168. The fourth-order valence-electron chi connectivity index (χ4n) is 4.82. The lowest BCUT2D eigenvalue weighted by Gasteiger charge is -2.34. The quantitative estimate of drug-likeness (QED) is 0.798. The maximum atomic E-state index is 13.4. The van der Waals surface area contributed by atoms with Crippen LogP contribution in [-0.4, -0.2) is 32.8 Å². The van der Waals surface area contributed by atoms with E-state index in [1.807, 2.05) is 60.7 Å². The van der Waals surface area contributed by atoms with Crippen LogP contribution in [0.25, 0.3) is 0 Å². The number of methoxy groups -OCH3 is 1. The highest BCUT2D eigenvalue weighted by Crippen LogP contribution is 2.40. The molecule has 0 radical (unpaired) electrons. The van der Waals surface area contributed by atoms with E-state index < -0.39 is 5.60 Å². The fourth-order valence-corrected chi connectivity index (χ4v) is 4.82. The van der Waals surface area contributed by atoms with E-state index in [1.54, 1.807) is 7.11 Å². The summed E-state index contributed by atoms with van der Waals surface area (Å²) in [5.74, 6) is 1.35. The standard InChI is InChI=1S/C23H27NO3/c1-26-23(19-8-4-2-5-9-19,20-10-6-3-7-11-20)22(25)27-16-21-17-12-13-18(21)15-24-14-17/h2-11,17-18,21,24H,12-16H2,1H3. The number of carbonyl (C=O) groups is 1. The molecule has 0 spiro atoms. The molecule has 4 rings (SSSR count). The van der Waals surface area contributed by atoms with Crippen molar-refractivity contribution in [1.82, 2.24) is 5.32 Å². The van der Waals surface area contributed by atoms with Gasteiger partial charge in [-0.2, -0.15) is 0 Å². The second-order valence-electron chi connectivity index (χ2n) is 7.64. The van der Waals surface area contributed by atoms with Crippen LogP contribution in [0, 0.1) is 17.8 Å². The smallest absolute Gasteiger partial charge is 0.347 e. The second kappa shape index (κ2) is 7.83. The molecule has 2 unspecified atom stereocenters. The van der Waals surface area contributed by atoms with E-state index in [0.29, 0.717) is 24.4 Å². The Labute approximate surface area is 160 Å². The molecule has 142 valence electrons. The van der Waals surface area contributed by atoms with Gasteiger partial charge in [-0.15, -0.1) is 0 Å². The molecule has 2 bridgehead atoms. The molecule has 4 heteroatoms. The number of hydrogen-bond acceptors (Lipinski definition) is 4. The molecule has 1 aliphatic carbocycles. The van der Waals surface area contributed by atoms with Gasteiger partial charge in [0.15, 0.2) is 0 Å². The summed E-state index contributed by atoms with van der Waals surface area (Å²) in [5.41, 5.74) is 0.336. The van der Waals surface area contributed by atoms with Gasteiger partial charge in [-0.25, -0.2) is 4.79 Å². The highest BCUT2D eigenvalue weighted by Gasteiger charge is 2.46. The Morgan fingerprint density at radius 2 is 1.48 bits per heavy atom. The molecule has 1 saturated heterocycles. The van der Waals surface area contributed by atoms with Crippen LogP contribution in [0.3, 0.4) is 0 Å². The van der Waals surface area contributed by atoms with Gasteiger partial charge in [-0.3, -0.25) is 0 Å². The number of fused-ring (bicyclic) bond motifs is 2. The molecule has 1 N–H and O–H groups in total. The SMILES string of the molecule is COC(C(=O)OCC1C2CCC1CNC2)(c1ccccc1)c1ccccc1. The minimum absolute atomic E-state index is 0.333. The Morgan fingerprint density at radius 1 is 0.963 bits per heavy atom. The monoisotopic (exact) mass is 365 g/mol. The van der Waals surface area contributed by atoms with Crippen molar-refractivity contribution < 1.29 is 14.3 Å². The fraction of sp³-hybridized carbons (Fsp3) is 0.435. The minimum atomic E-state index is -1.24. The molecule has 4 nitrogen and oxygen atoms in total. The average Bonchev–Trinajstić information content (AvgIpc) is 2.95. The van der Waals surface area contributed by atoms with E-state index in [9.17, 15) is 4.79 Å².